The minimum atomic E-state index is -1.49. The normalized spacial score (nSPS) is 11.0. The lowest BCUT2D eigenvalue weighted by Crippen LogP contribution is -2.16. The van der Waals surface area contributed by atoms with Gasteiger partial charge in [0.05, 0.1) is 17.8 Å². The van der Waals surface area contributed by atoms with Crippen LogP contribution in [0.15, 0.2) is 24.4 Å². The highest BCUT2D eigenvalue weighted by Crippen LogP contribution is 2.20. The fourth-order valence-corrected chi connectivity index (χ4v) is 2.44. The number of aromatic nitrogens is 4. The van der Waals surface area contributed by atoms with Gasteiger partial charge < -0.3 is 5.32 Å². The predicted octanol–water partition coefficient (Wildman–Crippen LogP) is 2.78. The number of aryl methyl sites for hydroxylation is 2. The molecule has 0 spiro atoms. The number of hydrogen-bond donors (Lipinski definition) is 1. The maximum Gasteiger partial charge on any atom is 0.275 e. The van der Waals surface area contributed by atoms with Crippen LogP contribution in [0.5, 0.6) is 0 Å². The molecule has 0 fully saturated rings. The molecule has 3 rings (SSSR count). The van der Waals surface area contributed by atoms with Crippen LogP contribution in [0.25, 0.3) is 0 Å². The number of carbonyl (C=O) groups is 1. The molecule has 0 saturated carbocycles. The molecular weight excluding hydrogens is 354 g/mol. The summed E-state index contributed by atoms with van der Waals surface area (Å²) in [5.74, 6) is -6.35. The van der Waals surface area contributed by atoms with Gasteiger partial charge in [-0.25, -0.2) is 17.6 Å². The Hall–Kier alpha value is -3.17. The quantitative estimate of drug-likeness (QED) is 0.570. The molecule has 0 aliphatic rings. The fourth-order valence-electron chi connectivity index (χ4n) is 2.44. The molecular formula is C16H13F4N5O. The van der Waals surface area contributed by atoms with Gasteiger partial charge in [-0.15, -0.1) is 0 Å². The van der Waals surface area contributed by atoms with Crippen molar-refractivity contribution in [1.29, 1.82) is 0 Å². The van der Waals surface area contributed by atoms with Crippen LogP contribution < -0.4 is 5.32 Å². The summed E-state index contributed by atoms with van der Waals surface area (Å²) in [6, 6.07) is 3.10. The Morgan fingerprint density at radius 3 is 2.35 bits per heavy atom. The smallest absolute Gasteiger partial charge is 0.275 e. The van der Waals surface area contributed by atoms with E-state index >= 15 is 0 Å². The molecule has 6 nitrogen and oxygen atoms in total. The van der Waals surface area contributed by atoms with E-state index in [0.717, 1.165) is 4.68 Å². The van der Waals surface area contributed by atoms with E-state index in [-0.39, 0.29) is 11.9 Å². The van der Waals surface area contributed by atoms with Crippen LogP contribution in [-0.4, -0.2) is 25.5 Å². The third-order valence-electron chi connectivity index (χ3n) is 3.64. The summed E-state index contributed by atoms with van der Waals surface area (Å²) in [5, 5.41) is 10.5. The van der Waals surface area contributed by atoms with E-state index in [1.807, 2.05) is 0 Å². The largest absolute Gasteiger partial charge is 0.304 e. The monoisotopic (exact) mass is 367 g/mol. The Bertz CT molecular complexity index is 969. The first-order valence-electron chi connectivity index (χ1n) is 7.43. The summed E-state index contributed by atoms with van der Waals surface area (Å²) in [7, 11) is 1.60. The lowest BCUT2D eigenvalue weighted by atomic mass is 10.2. The molecule has 0 bridgehead atoms. The highest BCUT2D eigenvalue weighted by Gasteiger charge is 2.20. The molecule has 3 aromatic rings. The van der Waals surface area contributed by atoms with Gasteiger partial charge in [-0.3, -0.25) is 14.2 Å². The number of hydrogen-bond acceptors (Lipinski definition) is 3. The Morgan fingerprint density at radius 1 is 1.12 bits per heavy atom. The second-order valence-corrected chi connectivity index (χ2v) is 5.59. The summed E-state index contributed by atoms with van der Waals surface area (Å²) in [6.07, 6.45) is 1.31. The molecule has 0 saturated heterocycles. The van der Waals surface area contributed by atoms with Crippen molar-refractivity contribution >= 4 is 11.7 Å². The molecule has 0 atom stereocenters. The van der Waals surface area contributed by atoms with Crippen molar-refractivity contribution in [3.05, 3.63) is 64.6 Å². The number of nitrogens with one attached hydrogen (secondary N) is 1. The number of benzene rings is 1. The van der Waals surface area contributed by atoms with Crippen molar-refractivity contribution in [2.75, 3.05) is 5.32 Å². The molecule has 0 radical (unpaired) electrons. The van der Waals surface area contributed by atoms with Crippen molar-refractivity contribution in [1.82, 2.24) is 19.6 Å². The van der Waals surface area contributed by atoms with Gasteiger partial charge in [-0.05, 0) is 13.0 Å². The van der Waals surface area contributed by atoms with Gasteiger partial charge in [0, 0.05) is 25.4 Å². The fraction of sp³-hybridized carbons (Fsp3) is 0.188. The predicted molar refractivity (Wildman–Crippen MR) is 83.5 cm³/mol. The molecule has 1 amide bonds. The first-order valence-corrected chi connectivity index (χ1v) is 7.43. The van der Waals surface area contributed by atoms with Gasteiger partial charge in [0.1, 0.15) is 5.69 Å². The van der Waals surface area contributed by atoms with Crippen LogP contribution in [0.2, 0.25) is 0 Å². The second kappa shape index (κ2) is 6.62. The first-order chi connectivity index (χ1) is 12.3. The minimum absolute atomic E-state index is 0.103. The molecule has 10 heteroatoms. The standard InChI is InChI=1S/C16H13F4N5O/c1-8-5-12(24(2)22-8)16(26)21-13-3-4-25(23-13)7-9-14(19)10(17)6-11(18)15(9)20/h3-6H,7H2,1-2H3,(H,21,23,26). The van der Waals surface area contributed by atoms with Crippen molar-refractivity contribution in [3.8, 4) is 0 Å². The van der Waals surface area contributed by atoms with Crippen molar-refractivity contribution in [2.24, 2.45) is 7.05 Å². The van der Waals surface area contributed by atoms with Crippen molar-refractivity contribution in [2.45, 2.75) is 13.5 Å². The summed E-state index contributed by atoms with van der Waals surface area (Å²) in [4.78, 5) is 12.2. The van der Waals surface area contributed by atoms with E-state index in [1.54, 1.807) is 20.0 Å². The lowest BCUT2D eigenvalue weighted by molar-refractivity contribution is 0.101. The molecule has 1 aromatic carbocycles. The Labute approximate surface area is 145 Å². The summed E-state index contributed by atoms with van der Waals surface area (Å²) >= 11 is 0. The number of carbonyl (C=O) groups excluding carboxylic acids is 1. The van der Waals surface area contributed by atoms with Crippen LogP contribution in [0, 0.1) is 30.2 Å². The molecule has 2 aromatic heterocycles. The van der Waals surface area contributed by atoms with Gasteiger partial charge >= 0.3 is 0 Å². The van der Waals surface area contributed by atoms with Crippen LogP contribution >= 0.6 is 0 Å². The highest BCUT2D eigenvalue weighted by atomic mass is 19.2. The number of nitrogens with zero attached hydrogens (tertiary/aromatic N) is 4. The van der Waals surface area contributed by atoms with Crippen LogP contribution in [0.4, 0.5) is 23.4 Å². The number of amides is 1. The van der Waals surface area contributed by atoms with Gasteiger partial charge in [0.15, 0.2) is 29.1 Å². The summed E-state index contributed by atoms with van der Waals surface area (Å²) in [6.45, 7) is 1.18. The third-order valence-corrected chi connectivity index (χ3v) is 3.64. The lowest BCUT2D eigenvalue weighted by Gasteiger charge is -2.07. The number of halogens is 4. The molecule has 136 valence electrons. The molecule has 26 heavy (non-hydrogen) atoms. The Balaban J connectivity index is 1.79. The molecule has 1 N–H and O–H groups in total. The minimum Gasteiger partial charge on any atom is -0.304 e. The van der Waals surface area contributed by atoms with Gasteiger partial charge in [-0.2, -0.15) is 10.2 Å². The number of rotatable bonds is 4. The topological polar surface area (TPSA) is 64.7 Å². The van der Waals surface area contributed by atoms with E-state index in [9.17, 15) is 22.4 Å². The van der Waals surface area contributed by atoms with E-state index in [0.29, 0.717) is 11.4 Å². The second-order valence-electron chi connectivity index (χ2n) is 5.59. The Kier molecular flexibility index (Phi) is 4.49. The van der Waals surface area contributed by atoms with E-state index in [4.69, 9.17) is 0 Å². The van der Waals surface area contributed by atoms with Gasteiger partial charge in [-0.1, -0.05) is 0 Å². The van der Waals surface area contributed by atoms with Crippen LogP contribution in [0.3, 0.4) is 0 Å². The zero-order valence-corrected chi connectivity index (χ0v) is 13.7. The van der Waals surface area contributed by atoms with E-state index in [1.165, 1.54) is 16.9 Å². The first kappa shape index (κ1) is 17.6. The molecule has 0 aliphatic heterocycles. The third kappa shape index (κ3) is 3.30. The van der Waals surface area contributed by atoms with Gasteiger partial charge in [0.2, 0.25) is 0 Å². The number of anilines is 1. The molecule has 0 unspecified atom stereocenters. The average molecular weight is 367 g/mol. The van der Waals surface area contributed by atoms with E-state index < -0.39 is 41.3 Å². The van der Waals surface area contributed by atoms with Crippen LogP contribution in [-0.2, 0) is 13.6 Å². The SMILES string of the molecule is Cc1cc(C(=O)Nc2ccn(Cc3c(F)c(F)cc(F)c3F)n2)n(C)n1. The summed E-state index contributed by atoms with van der Waals surface area (Å²) in [5.41, 5.74) is 0.148. The van der Waals surface area contributed by atoms with Crippen molar-refractivity contribution in [3.63, 3.8) is 0 Å². The highest BCUT2D eigenvalue weighted by molar-refractivity contribution is 6.02. The average Bonchev–Trinajstić information content (AvgIpc) is 3.15. The van der Waals surface area contributed by atoms with E-state index in [2.05, 4.69) is 15.5 Å². The van der Waals surface area contributed by atoms with Crippen LogP contribution in [0.1, 0.15) is 21.7 Å². The Morgan fingerprint density at radius 2 is 1.77 bits per heavy atom. The maximum atomic E-state index is 13.7. The zero-order chi connectivity index (χ0) is 19.0. The zero-order valence-electron chi connectivity index (χ0n) is 13.7. The van der Waals surface area contributed by atoms with Crippen molar-refractivity contribution < 1.29 is 22.4 Å². The summed E-state index contributed by atoms with van der Waals surface area (Å²) < 4.78 is 56.4. The molecule has 2 heterocycles. The van der Waals surface area contributed by atoms with Gasteiger partial charge in [0.25, 0.3) is 5.91 Å². The maximum absolute atomic E-state index is 13.7. The molecule has 0 aliphatic carbocycles.